The first-order valence-corrected chi connectivity index (χ1v) is 14.0. The average molecular weight is 541 g/mol. The van der Waals surface area contributed by atoms with E-state index in [1.54, 1.807) is 6.92 Å². The lowest BCUT2D eigenvalue weighted by Crippen LogP contribution is -2.58. The number of nitrogens with two attached hydrogens (primary N) is 1. The molecule has 4 rings (SSSR count). The van der Waals surface area contributed by atoms with Crippen molar-refractivity contribution in [2.24, 2.45) is 23.5 Å². The van der Waals surface area contributed by atoms with Crippen molar-refractivity contribution < 1.29 is 28.7 Å². The van der Waals surface area contributed by atoms with Gasteiger partial charge in [-0.05, 0) is 67.9 Å². The molecule has 2 unspecified atom stereocenters. The highest BCUT2D eigenvalue weighted by atomic mass is 16.6. The van der Waals surface area contributed by atoms with Crippen LogP contribution < -0.4 is 16.4 Å². The molecule has 10 heteroatoms. The zero-order chi connectivity index (χ0) is 28.3. The maximum Gasteiger partial charge on any atom is 0.408 e. The van der Waals surface area contributed by atoms with E-state index >= 15 is 0 Å². The minimum absolute atomic E-state index is 0.110. The fraction of sp³-hybridized carbons (Fsp3) is 0.621. The van der Waals surface area contributed by atoms with Gasteiger partial charge in [0.05, 0.1) is 6.04 Å². The molecule has 1 aromatic rings. The van der Waals surface area contributed by atoms with Gasteiger partial charge in [-0.3, -0.25) is 19.2 Å². The number of alkyl carbamates (subject to hydrolysis) is 1. The number of amides is 4. The summed E-state index contributed by atoms with van der Waals surface area (Å²) in [6.07, 6.45) is 3.50. The zero-order valence-corrected chi connectivity index (χ0v) is 23.0. The normalized spacial score (nSPS) is 21.1. The van der Waals surface area contributed by atoms with Gasteiger partial charge in [0, 0.05) is 6.54 Å². The largest absolute Gasteiger partial charge is 0.446 e. The van der Waals surface area contributed by atoms with Gasteiger partial charge in [-0.25, -0.2) is 4.79 Å². The van der Waals surface area contributed by atoms with E-state index in [0.717, 1.165) is 24.0 Å². The summed E-state index contributed by atoms with van der Waals surface area (Å²) in [5.41, 5.74) is 7.49. The fourth-order valence-corrected chi connectivity index (χ4v) is 5.52. The number of nitrogens with zero attached hydrogens (tertiary/aromatic N) is 1. The fourth-order valence-electron chi connectivity index (χ4n) is 5.52. The van der Waals surface area contributed by atoms with Crippen molar-refractivity contribution in [2.75, 3.05) is 6.54 Å². The molecule has 10 nitrogen and oxygen atoms in total. The molecule has 0 radical (unpaired) electrons. The van der Waals surface area contributed by atoms with Crippen LogP contribution in [-0.4, -0.2) is 65.3 Å². The van der Waals surface area contributed by atoms with Crippen molar-refractivity contribution in [3.63, 3.8) is 0 Å². The Hall–Kier alpha value is -3.43. The van der Waals surface area contributed by atoms with Crippen LogP contribution in [0, 0.1) is 17.8 Å². The maximum absolute atomic E-state index is 14.0. The van der Waals surface area contributed by atoms with Crippen LogP contribution in [0.15, 0.2) is 24.3 Å². The smallest absolute Gasteiger partial charge is 0.408 e. The van der Waals surface area contributed by atoms with Crippen LogP contribution in [0.4, 0.5) is 4.79 Å². The van der Waals surface area contributed by atoms with Gasteiger partial charge >= 0.3 is 6.09 Å². The number of primary amides is 1. The Morgan fingerprint density at radius 2 is 1.64 bits per heavy atom. The third-order valence-corrected chi connectivity index (χ3v) is 8.31. The van der Waals surface area contributed by atoms with Gasteiger partial charge < -0.3 is 26.0 Å². The number of ketones is 1. The summed E-state index contributed by atoms with van der Waals surface area (Å²) in [5, 5.41) is 5.53. The molecule has 0 aromatic heterocycles. The van der Waals surface area contributed by atoms with Gasteiger partial charge in [0.2, 0.25) is 17.6 Å². The maximum atomic E-state index is 14.0. The van der Waals surface area contributed by atoms with Gasteiger partial charge in [0.1, 0.15) is 18.2 Å². The van der Waals surface area contributed by atoms with Gasteiger partial charge in [0.25, 0.3) is 5.91 Å². The number of hydrogen-bond acceptors (Lipinski definition) is 6. The van der Waals surface area contributed by atoms with E-state index in [1.807, 2.05) is 38.1 Å². The lowest BCUT2D eigenvalue weighted by atomic mass is 9.95. The predicted octanol–water partition coefficient (Wildman–Crippen LogP) is 1.87. The molecule has 4 N–H and O–H groups in total. The number of nitrogens with one attached hydrogen (secondary N) is 2. The Kier molecular flexibility index (Phi) is 8.92. The number of rotatable bonds is 11. The first-order chi connectivity index (χ1) is 18.5. The Balaban J connectivity index is 1.50. The van der Waals surface area contributed by atoms with E-state index in [2.05, 4.69) is 10.6 Å². The average Bonchev–Trinajstić information content (AvgIpc) is 3.39. The number of carbonyl (C=O) groups excluding carboxylic acids is 5. The van der Waals surface area contributed by atoms with E-state index in [-0.39, 0.29) is 29.8 Å². The molecule has 2 aliphatic carbocycles. The molecule has 1 aromatic carbocycles. The van der Waals surface area contributed by atoms with E-state index in [1.165, 1.54) is 4.90 Å². The van der Waals surface area contributed by atoms with Crippen molar-refractivity contribution in [3.05, 3.63) is 35.4 Å². The number of carbonyl (C=O) groups is 5. The molecule has 1 saturated heterocycles. The van der Waals surface area contributed by atoms with Crippen LogP contribution in [0.1, 0.15) is 64.0 Å². The van der Waals surface area contributed by atoms with E-state index in [9.17, 15) is 24.0 Å². The molecule has 4 atom stereocenters. The van der Waals surface area contributed by atoms with E-state index in [0.29, 0.717) is 38.6 Å². The molecule has 0 spiro atoms. The summed E-state index contributed by atoms with van der Waals surface area (Å²) in [6.45, 7) is 6.05. The number of ether oxygens (including phenoxy) is 1. The molecule has 0 bridgehead atoms. The predicted molar refractivity (Wildman–Crippen MR) is 143 cm³/mol. The van der Waals surface area contributed by atoms with Crippen LogP contribution in [0.5, 0.6) is 0 Å². The summed E-state index contributed by atoms with van der Waals surface area (Å²) in [4.78, 5) is 65.7. The highest BCUT2D eigenvalue weighted by Crippen LogP contribution is 2.34. The second-order valence-electron chi connectivity index (χ2n) is 11.6. The van der Waals surface area contributed by atoms with Crippen LogP contribution in [0.3, 0.4) is 0 Å². The second kappa shape index (κ2) is 12.2. The minimum atomic E-state index is -1.08. The topological polar surface area (TPSA) is 148 Å². The standard InChI is InChI=1S/C29H40N4O6/c1-16(2)17(3)39-29(38)32-24(21-14-19-7-4-5-8-20(19)15-21)28(37)33-12-6-9-23(33)27(36)31-22(13-18-10-11-18)25(34)26(30)35/h4-5,7-8,16-18,21-24H,6,9-15H2,1-3H3,(H2,30,35)(H,31,36)(H,32,38)/t17?,22?,23-,24-/m0/s1. The van der Waals surface area contributed by atoms with Gasteiger partial charge in [-0.2, -0.15) is 0 Å². The molecule has 1 heterocycles. The molecular formula is C29H40N4O6. The number of benzene rings is 1. The Morgan fingerprint density at radius 1 is 1.00 bits per heavy atom. The summed E-state index contributed by atoms with van der Waals surface area (Å²) in [7, 11) is 0. The number of hydrogen-bond donors (Lipinski definition) is 3. The lowest BCUT2D eigenvalue weighted by Gasteiger charge is -2.32. The number of Topliss-reactive ketones (excluding diaryl/α,β-unsaturated/α-hetero) is 1. The summed E-state index contributed by atoms with van der Waals surface area (Å²) in [5.74, 6) is -2.54. The summed E-state index contributed by atoms with van der Waals surface area (Å²) < 4.78 is 5.53. The molecule has 3 aliphatic rings. The molecular weight excluding hydrogens is 500 g/mol. The van der Waals surface area contributed by atoms with Crippen molar-refractivity contribution in [3.8, 4) is 0 Å². The zero-order valence-electron chi connectivity index (χ0n) is 23.0. The minimum Gasteiger partial charge on any atom is -0.446 e. The summed E-state index contributed by atoms with van der Waals surface area (Å²) in [6, 6.07) is 5.28. The van der Waals surface area contributed by atoms with Crippen LogP contribution >= 0.6 is 0 Å². The summed E-state index contributed by atoms with van der Waals surface area (Å²) >= 11 is 0. The van der Waals surface area contributed by atoms with Crippen molar-refractivity contribution in [1.82, 2.24) is 15.5 Å². The molecule has 1 saturated carbocycles. The number of likely N-dealkylation sites (tertiary alicyclic amines) is 1. The molecule has 4 amide bonds. The second-order valence-corrected chi connectivity index (χ2v) is 11.6. The van der Waals surface area contributed by atoms with Crippen molar-refractivity contribution in [2.45, 2.75) is 89.9 Å². The quantitative estimate of drug-likeness (QED) is 0.365. The van der Waals surface area contributed by atoms with Crippen molar-refractivity contribution >= 4 is 29.6 Å². The highest BCUT2D eigenvalue weighted by Gasteiger charge is 2.43. The molecule has 39 heavy (non-hydrogen) atoms. The molecule has 1 aliphatic heterocycles. The molecule has 2 fully saturated rings. The number of fused-ring (bicyclic) bond motifs is 1. The molecule has 212 valence electrons. The van der Waals surface area contributed by atoms with E-state index < -0.39 is 41.8 Å². The van der Waals surface area contributed by atoms with Crippen LogP contribution in [-0.2, 0) is 36.8 Å². The lowest BCUT2D eigenvalue weighted by molar-refractivity contribution is -0.142. The Morgan fingerprint density at radius 3 is 2.21 bits per heavy atom. The van der Waals surface area contributed by atoms with Crippen molar-refractivity contribution in [1.29, 1.82) is 0 Å². The van der Waals surface area contributed by atoms with Gasteiger partial charge in [0.15, 0.2) is 0 Å². The monoisotopic (exact) mass is 540 g/mol. The van der Waals surface area contributed by atoms with Crippen LogP contribution in [0.25, 0.3) is 0 Å². The Labute approximate surface area is 229 Å². The third-order valence-electron chi connectivity index (χ3n) is 8.31. The van der Waals surface area contributed by atoms with Gasteiger partial charge in [-0.1, -0.05) is 51.0 Å². The van der Waals surface area contributed by atoms with Gasteiger partial charge in [-0.15, -0.1) is 0 Å². The highest BCUT2D eigenvalue weighted by molar-refractivity contribution is 6.37. The van der Waals surface area contributed by atoms with Crippen LogP contribution in [0.2, 0.25) is 0 Å². The first-order valence-electron chi connectivity index (χ1n) is 14.0. The SMILES string of the molecule is CC(C)C(C)OC(=O)N[C@H](C(=O)N1CCC[C@H]1C(=O)NC(CC1CC1)C(=O)C(N)=O)C1Cc2ccccc2C1. The van der Waals surface area contributed by atoms with E-state index in [4.69, 9.17) is 10.5 Å². The Bertz CT molecular complexity index is 1090. The first kappa shape index (κ1) is 28.6. The third kappa shape index (κ3) is 6.96.